The second-order valence-corrected chi connectivity index (χ2v) is 7.94. The first-order valence-electron chi connectivity index (χ1n) is 8.66. The number of nitrogens with zero attached hydrogens (tertiary/aromatic N) is 1. The largest absolute Gasteiger partial charge is 0.444 e. The van der Waals surface area contributed by atoms with Gasteiger partial charge < -0.3 is 15.0 Å². The Bertz CT molecular complexity index is 524. The van der Waals surface area contributed by atoms with Crippen molar-refractivity contribution in [3.8, 4) is 0 Å². The molecule has 0 aromatic heterocycles. The second kappa shape index (κ2) is 6.52. The summed E-state index contributed by atoms with van der Waals surface area (Å²) >= 11 is 0. The van der Waals surface area contributed by atoms with Crippen molar-refractivity contribution in [1.29, 1.82) is 0 Å². The molecular formula is C19H28N2O2. The molecule has 1 N–H and O–H groups in total. The number of ether oxygens (including phenoxy) is 1. The van der Waals surface area contributed by atoms with Crippen molar-refractivity contribution >= 4 is 6.09 Å². The Balaban J connectivity index is 1.45. The minimum absolute atomic E-state index is 0.152. The van der Waals surface area contributed by atoms with Gasteiger partial charge in [0.1, 0.15) is 5.60 Å². The van der Waals surface area contributed by atoms with Gasteiger partial charge in [-0.05, 0) is 51.0 Å². The first-order chi connectivity index (χ1) is 10.9. The normalized spacial score (nSPS) is 24.7. The van der Waals surface area contributed by atoms with Crippen molar-refractivity contribution in [2.45, 2.75) is 51.8 Å². The molecule has 0 radical (unpaired) electrons. The Labute approximate surface area is 139 Å². The summed E-state index contributed by atoms with van der Waals surface area (Å²) in [6.07, 6.45) is 2.17. The van der Waals surface area contributed by atoms with Crippen molar-refractivity contribution in [3.63, 3.8) is 0 Å². The van der Waals surface area contributed by atoms with Gasteiger partial charge in [0.15, 0.2) is 0 Å². The average molecular weight is 316 g/mol. The number of likely N-dealkylation sites (tertiary alicyclic amines) is 1. The zero-order valence-corrected chi connectivity index (χ0v) is 14.4. The molecule has 4 heteroatoms. The topological polar surface area (TPSA) is 41.6 Å². The lowest BCUT2D eigenvalue weighted by molar-refractivity contribution is 0.0279. The van der Waals surface area contributed by atoms with Crippen LogP contribution in [0.15, 0.2) is 30.3 Å². The van der Waals surface area contributed by atoms with Gasteiger partial charge in [-0.15, -0.1) is 0 Å². The van der Waals surface area contributed by atoms with Gasteiger partial charge in [-0.2, -0.15) is 0 Å². The highest BCUT2D eigenvalue weighted by molar-refractivity contribution is 5.68. The molecule has 2 aliphatic rings. The summed E-state index contributed by atoms with van der Waals surface area (Å²) in [5.74, 6) is 1.24. The Morgan fingerprint density at radius 3 is 2.35 bits per heavy atom. The molecule has 1 aromatic rings. The molecule has 23 heavy (non-hydrogen) atoms. The van der Waals surface area contributed by atoms with E-state index >= 15 is 0 Å². The number of nitrogens with one attached hydrogen (secondary N) is 1. The van der Waals surface area contributed by atoms with E-state index in [1.165, 1.54) is 5.56 Å². The first kappa shape index (κ1) is 16.3. The smallest absolute Gasteiger partial charge is 0.410 e. The van der Waals surface area contributed by atoms with E-state index in [4.69, 9.17) is 4.74 Å². The molecule has 1 aliphatic carbocycles. The summed E-state index contributed by atoms with van der Waals surface area (Å²) in [5.41, 5.74) is 0.925. The number of hydrogen-bond acceptors (Lipinski definition) is 3. The van der Waals surface area contributed by atoms with Gasteiger partial charge in [-0.3, -0.25) is 0 Å². The van der Waals surface area contributed by atoms with Crippen molar-refractivity contribution in [2.24, 2.45) is 11.8 Å². The van der Waals surface area contributed by atoms with E-state index in [0.717, 1.165) is 32.5 Å². The van der Waals surface area contributed by atoms with Gasteiger partial charge in [0.2, 0.25) is 0 Å². The summed E-state index contributed by atoms with van der Waals surface area (Å²) in [4.78, 5) is 14.1. The maximum absolute atomic E-state index is 12.2. The molecule has 1 saturated carbocycles. The molecule has 0 unspecified atom stereocenters. The lowest BCUT2D eigenvalue weighted by atomic mass is 10.0. The summed E-state index contributed by atoms with van der Waals surface area (Å²) in [6, 6.07) is 11.1. The number of carbonyl (C=O) groups is 1. The number of hydrogen-bond donors (Lipinski definition) is 1. The molecule has 2 fully saturated rings. The predicted molar refractivity (Wildman–Crippen MR) is 91.1 cm³/mol. The van der Waals surface area contributed by atoms with Crippen molar-refractivity contribution in [3.05, 3.63) is 35.9 Å². The van der Waals surface area contributed by atoms with E-state index in [1.807, 2.05) is 25.7 Å². The fraction of sp³-hybridized carbons (Fsp3) is 0.632. The molecule has 1 amide bonds. The highest BCUT2D eigenvalue weighted by Crippen LogP contribution is 2.38. The lowest BCUT2D eigenvalue weighted by Gasteiger charge is -2.25. The third kappa shape index (κ3) is 4.25. The third-order valence-corrected chi connectivity index (χ3v) is 4.84. The highest BCUT2D eigenvalue weighted by atomic mass is 16.6. The summed E-state index contributed by atoms with van der Waals surface area (Å²) in [7, 11) is 0. The maximum Gasteiger partial charge on any atom is 0.410 e. The van der Waals surface area contributed by atoms with Gasteiger partial charge in [-0.1, -0.05) is 30.3 Å². The van der Waals surface area contributed by atoms with Crippen LogP contribution >= 0.6 is 0 Å². The fourth-order valence-electron chi connectivity index (χ4n) is 3.80. The standard InChI is InChI=1S/C19H28N2O2/c1-19(2,3)23-18(22)21-12-15-9-17(10-16(15)13-21)20-11-14-7-5-4-6-8-14/h4-8,15-17,20H,9-13H2,1-3H3/t15-,16-/m0/s1. The van der Waals surface area contributed by atoms with Crippen LogP contribution in [0, 0.1) is 11.8 Å². The molecule has 1 saturated heterocycles. The van der Waals surface area contributed by atoms with E-state index in [9.17, 15) is 4.79 Å². The van der Waals surface area contributed by atoms with Crippen molar-refractivity contribution in [2.75, 3.05) is 13.1 Å². The van der Waals surface area contributed by atoms with E-state index in [-0.39, 0.29) is 6.09 Å². The van der Waals surface area contributed by atoms with Crippen molar-refractivity contribution in [1.82, 2.24) is 10.2 Å². The van der Waals surface area contributed by atoms with Gasteiger partial charge in [0.25, 0.3) is 0 Å². The molecule has 2 atom stereocenters. The fourth-order valence-corrected chi connectivity index (χ4v) is 3.80. The average Bonchev–Trinajstić information content (AvgIpc) is 3.02. The zero-order chi connectivity index (χ0) is 16.4. The Hall–Kier alpha value is -1.55. The van der Waals surface area contributed by atoms with Crippen LogP contribution in [0.4, 0.5) is 4.79 Å². The summed E-state index contributed by atoms with van der Waals surface area (Å²) < 4.78 is 5.49. The predicted octanol–water partition coefficient (Wildman–Crippen LogP) is 3.42. The van der Waals surface area contributed by atoms with E-state index < -0.39 is 5.60 Å². The molecule has 4 nitrogen and oxygen atoms in total. The van der Waals surface area contributed by atoms with Gasteiger partial charge in [-0.25, -0.2) is 4.79 Å². The molecule has 3 rings (SSSR count). The third-order valence-electron chi connectivity index (χ3n) is 4.84. The van der Waals surface area contributed by atoms with Crippen LogP contribution in [0.25, 0.3) is 0 Å². The van der Waals surface area contributed by atoms with Crippen LogP contribution in [0.1, 0.15) is 39.2 Å². The number of fused-ring (bicyclic) bond motifs is 1. The van der Waals surface area contributed by atoms with E-state index in [1.54, 1.807) is 0 Å². The van der Waals surface area contributed by atoms with Crippen LogP contribution in [-0.2, 0) is 11.3 Å². The minimum Gasteiger partial charge on any atom is -0.444 e. The van der Waals surface area contributed by atoms with Gasteiger partial charge >= 0.3 is 6.09 Å². The molecule has 1 aromatic carbocycles. The van der Waals surface area contributed by atoms with Crippen LogP contribution in [0.2, 0.25) is 0 Å². The number of carbonyl (C=O) groups excluding carboxylic acids is 1. The Morgan fingerprint density at radius 2 is 1.78 bits per heavy atom. The van der Waals surface area contributed by atoms with E-state index in [2.05, 4.69) is 35.6 Å². The maximum atomic E-state index is 12.2. The molecule has 1 heterocycles. The monoisotopic (exact) mass is 316 g/mol. The molecule has 0 bridgehead atoms. The Kier molecular flexibility index (Phi) is 4.62. The molecule has 1 aliphatic heterocycles. The van der Waals surface area contributed by atoms with Crippen LogP contribution in [0.3, 0.4) is 0 Å². The van der Waals surface area contributed by atoms with Crippen LogP contribution < -0.4 is 5.32 Å². The second-order valence-electron chi connectivity index (χ2n) is 7.94. The van der Waals surface area contributed by atoms with Gasteiger partial charge in [0.05, 0.1) is 0 Å². The van der Waals surface area contributed by atoms with Gasteiger partial charge in [0, 0.05) is 25.7 Å². The highest BCUT2D eigenvalue weighted by Gasteiger charge is 2.43. The molecule has 0 spiro atoms. The Morgan fingerprint density at radius 1 is 1.17 bits per heavy atom. The minimum atomic E-state index is -0.408. The summed E-state index contributed by atoms with van der Waals surface area (Å²) in [6.45, 7) is 8.40. The lowest BCUT2D eigenvalue weighted by Crippen LogP contribution is -2.37. The summed E-state index contributed by atoms with van der Waals surface area (Å²) in [5, 5.41) is 3.67. The van der Waals surface area contributed by atoms with Crippen molar-refractivity contribution < 1.29 is 9.53 Å². The number of benzene rings is 1. The number of rotatable bonds is 3. The zero-order valence-electron chi connectivity index (χ0n) is 14.4. The van der Waals surface area contributed by atoms with Crippen LogP contribution in [0.5, 0.6) is 0 Å². The number of amides is 1. The first-order valence-corrected chi connectivity index (χ1v) is 8.66. The quantitative estimate of drug-likeness (QED) is 0.929. The van der Waals surface area contributed by atoms with Crippen LogP contribution in [-0.4, -0.2) is 35.7 Å². The van der Waals surface area contributed by atoms with E-state index in [0.29, 0.717) is 17.9 Å². The molecular weight excluding hydrogens is 288 g/mol. The SMILES string of the molecule is CC(C)(C)OC(=O)N1C[C@@H]2CC(NCc3ccccc3)C[C@H]2C1. The molecule has 126 valence electrons.